The molecule has 100 valence electrons. The van der Waals surface area contributed by atoms with Crippen molar-refractivity contribution in [3.63, 3.8) is 0 Å². The van der Waals surface area contributed by atoms with Crippen LogP contribution < -0.4 is 0 Å². The second-order valence-electron chi connectivity index (χ2n) is 5.05. The average Bonchev–Trinajstić information content (AvgIpc) is 3.08. The van der Waals surface area contributed by atoms with Crippen LogP contribution >= 0.6 is 0 Å². The molecule has 0 spiro atoms. The molecule has 0 bridgehead atoms. The minimum absolute atomic E-state index is 0.156. The zero-order chi connectivity index (χ0) is 13.0. The molecule has 0 radical (unpaired) electrons. The third kappa shape index (κ3) is 3.43. The van der Waals surface area contributed by atoms with Crippen molar-refractivity contribution in [2.45, 2.75) is 25.8 Å². The number of aromatic amines is 1. The molecule has 1 atom stereocenters. The first-order valence-corrected chi connectivity index (χ1v) is 6.62. The number of ether oxygens (including phenoxy) is 1. The maximum absolute atomic E-state index is 12.1. The van der Waals surface area contributed by atoms with Gasteiger partial charge in [0.25, 0.3) is 0 Å². The van der Waals surface area contributed by atoms with Crippen LogP contribution in [-0.2, 0) is 4.74 Å². The number of nitrogens with zero attached hydrogens (tertiary/aromatic N) is 1. The predicted octanol–water partition coefficient (Wildman–Crippen LogP) is 1.94. The van der Waals surface area contributed by atoms with Gasteiger partial charge in [-0.25, -0.2) is 0 Å². The van der Waals surface area contributed by atoms with Gasteiger partial charge in [0.05, 0.1) is 18.8 Å². The molecule has 1 unspecified atom stereocenters. The van der Waals surface area contributed by atoms with Gasteiger partial charge in [-0.3, -0.25) is 9.69 Å². The Bertz CT molecular complexity index is 371. The first kappa shape index (κ1) is 13.3. The Kier molecular flexibility index (Phi) is 4.55. The van der Waals surface area contributed by atoms with Gasteiger partial charge in [-0.05, 0) is 37.8 Å². The Morgan fingerprint density at radius 1 is 1.61 bits per heavy atom. The molecule has 1 saturated carbocycles. The molecule has 1 aliphatic rings. The summed E-state index contributed by atoms with van der Waals surface area (Å²) in [6.45, 7) is 4.19. The van der Waals surface area contributed by atoms with Crippen LogP contribution in [0.1, 0.15) is 30.3 Å². The van der Waals surface area contributed by atoms with Crippen LogP contribution in [0, 0.1) is 5.92 Å². The molecule has 1 heterocycles. The number of carbonyl (C=O) groups is 1. The van der Waals surface area contributed by atoms with Crippen LogP contribution in [0.2, 0.25) is 0 Å². The van der Waals surface area contributed by atoms with Gasteiger partial charge in [-0.15, -0.1) is 0 Å². The highest BCUT2D eigenvalue weighted by molar-refractivity contribution is 5.95. The Morgan fingerprint density at radius 2 is 2.39 bits per heavy atom. The number of hydrogen-bond donors (Lipinski definition) is 1. The summed E-state index contributed by atoms with van der Waals surface area (Å²) in [6, 6.07) is 4.16. The van der Waals surface area contributed by atoms with Gasteiger partial charge in [0.15, 0.2) is 5.78 Å². The fourth-order valence-electron chi connectivity index (χ4n) is 2.29. The van der Waals surface area contributed by atoms with Crippen molar-refractivity contribution < 1.29 is 9.53 Å². The molecule has 1 N–H and O–H groups in total. The molecule has 18 heavy (non-hydrogen) atoms. The standard InChI is InChI=1S/C14H22N2O2/c1-11(12-5-6-12)16(8-9-18-2)10-14(17)13-4-3-7-15-13/h3-4,7,11-12,15H,5-6,8-10H2,1-2H3. The van der Waals surface area contributed by atoms with Crippen molar-refractivity contribution in [1.82, 2.24) is 9.88 Å². The van der Waals surface area contributed by atoms with E-state index >= 15 is 0 Å². The number of nitrogens with one attached hydrogen (secondary N) is 1. The lowest BCUT2D eigenvalue weighted by Gasteiger charge is -2.28. The minimum atomic E-state index is 0.156. The third-order valence-electron chi connectivity index (χ3n) is 3.71. The molecule has 0 saturated heterocycles. The summed E-state index contributed by atoms with van der Waals surface area (Å²) in [5.41, 5.74) is 0.695. The van der Waals surface area contributed by atoms with Crippen molar-refractivity contribution in [2.24, 2.45) is 5.92 Å². The fraction of sp³-hybridized carbons (Fsp3) is 0.643. The van der Waals surface area contributed by atoms with Gasteiger partial charge in [-0.2, -0.15) is 0 Å². The van der Waals surface area contributed by atoms with E-state index in [1.807, 2.05) is 12.1 Å². The lowest BCUT2D eigenvalue weighted by molar-refractivity contribution is 0.0812. The first-order chi connectivity index (χ1) is 8.72. The van der Waals surface area contributed by atoms with Gasteiger partial charge >= 0.3 is 0 Å². The Hall–Kier alpha value is -1.13. The zero-order valence-electron chi connectivity index (χ0n) is 11.2. The number of ketones is 1. The van der Waals surface area contributed by atoms with Crippen molar-refractivity contribution in [3.8, 4) is 0 Å². The lowest BCUT2D eigenvalue weighted by atomic mass is 10.1. The second-order valence-corrected chi connectivity index (χ2v) is 5.05. The molecular weight excluding hydrogens is 228 g/mol. The number of aromatic nitrogens is 1. The van der Waals surface area contributed by atoms with E-state index in [1.165, 1.54) is 12.8 Å². The van der Waals surface area contributed by atoms with Gasteiger partial charge in [-0.1, -0.05) is 0 Å². The van der Waals surface area contributed by atoms with E-state index in [1.54, 1.807) is 13.3 Å². The van der Waals surface area contributed by atoms with Crippen LogP contribution in [-0.4, -0.2) is 48.5 Å². The largest absolute Gasteiger partial charge is 0.383 e. The third-order valence-corrected chi connectivity index (χ3v) is 3.71. The number of rotatable bonds is 8. The van der Waals surface area contributed by atoms with Gasteiger partial charge < -0.3 is 9.72 Å². The summed E-state index contributed by atoms with van der Waals surface area (Å²) >= 11 is 0. The molecule has 1 aromatic rings. The summed E-state index contributed by atoms with van der Waals surface area (Å²) in [4.78, 5) is 17.3. The van der Waals surface area contributed by atoms with E-state index in [2.05, 4.69) is 16.8 Å². The highest BCUT2D eigenvalue weighted by Crippen LogP contribution is 2.35. The molecule has 4 nitrogen and oxygen atoms in total. The van der Waals surface area contributed by atoms with Crippen LogP contribution in [0.25, 0.3) is 0 Å². The number of carbonyl (C=O) groups excluding carboxylic acids is 1. The zero-order valence-corrected chi connectivity index (χ0v) is 11.2. The minimum Gasteiger partial charge on any atom is -0.383 e. The van der Waals surface area contributed by atoms with E-state index in [-0.39, 0.29) is 5.78 Å². The summed E-state index contributed by atoms with van der Waals surface area (Å²) in [5.74, 6) is 0.918. The SMILES string of the molecule is COCCN(CC(=O)c1ccc[nH]1)C(C)C1CC1. The van der Waals surface area contributed by atoms with Gasteiger partial charge in [0.2, 0.25) is 0 Å². The molecule has 1 fully saturated rings. The second kappa shape index (κ2) is 6.16. The van der Waals surface area contributed by atoms with E-state index in [0.717, 1.165) is 12.5 Å². The van der Waals surface area contributed by atoms with Crippen molar-refractivity contribution >= 4 is 5.78 Å². The Labute approximate surface area is 108 Å². The molecule has 0 amide bonds. The summed E-state index contributed by atoms with van der Waals surface area (Å²) < 4.78 is 5.13. The molecule has 0 aliphatic heterocycles. The normalized spacial score (nSPS) is 17.1. The van der Waals surface area contributed by atoms with Crippen molar-refractivity contribution in [2.75, 3.05) is 26.8 Å². The molecular formula is C14H22N2O2. The summed E-state index contributed by atoms with van der Waals surface area (Å²) in [6.07, 6.45) is 4.37. The van der Waals surface area contributed by atoms with E-state index < -0.39 is 0 Å². The van der Waals surface area contributed by atoms with Crippen LogP contribution in [0.15, 0.2) is 18.3 Å². The number of methoxy groups -OCH3 is 1. The van der Waals surface area contributed by atoms with Crippen LogP contribution in [0.4, 0.5) is 0 Å². The van der Waals surface area contributed by atoms with E-state index in [0.29, 0.717) is 24.9 Å². The highest BCUT2D eigenvalue weighted by Gasteiger charge is 2.32. The summed E-state index contributed by atoms with van der Waals surface area (Å²) in [5, 5.41) is 0. The number of hydrogen-bond acceptors (Lipinski definition) is 3. The smallest absolute Gasteiger partial charge is 0.192 e. The maximum atomic E-state index is 12.1. The van der Waals surface area contributed by atoms with Crippen molar-refractivity contribution in [3.05, 3.63) is 24.0 Å². The maximum Gasteiger partial charge on any atom is 0.192 e. The van der Waals surface area contributed by atoms with Gasteiger partial charge in [0, 0.05) is 25.9 Å². The lowest BCUT2D eigenvalue weighted by Crippen LogP contribution is -2.40. The predicted molar refractivity (Wildman–Crippen MR) is 70.8 cm³/mol. The van der Waals surface area contributed by atoms with Crippen molar-refractivity contribution in [1.29, 1.82) is 0 Å². The molecule has 0 aromatic carbocycles. The monoisotopic (exact) mass is 250 g/mol. The molecule has 1 aromatic heterocycles. The highest BCUT2D eigenvalue weighted by atomic mass is 16.5. The summed E-state index contributed by atoms with van der Waals surface area (Å²) in [7, 11) is 1.70. The Balaban J connectivity index is 1.93. The van der Waals surface area contributed by atoms with Crippen LogP contribution in [0.3, 0.4) is 0 Å². The number of Topliss-reactive ketones (excluding diaryl/α,β-unsaturated/α-hetero) is 1. The molecule has 4 heteroatoms. The van der Waals surface area contributed by atoms with Gasteiger partial charge in [0.1, 0.15) is 0 Å². The molecule has 1 aliphatic carbocycles. The topological polar surface area (TPSA) is 45.3 Å². The van der Waals surface area contributed by atoms with E-state index in [9.17, 15) is 4.79 Å². The first-order valence-electron chi connectivity index (χ1n) is 6.62. The van der Waals surface area contributed by atoms with E-state index in [4.69, 9.17) is 4.74 Å². The average molecular weight is 250 g/mol. The van der Waals surface area contributed by atoms with Crippen LogP contribution in [0.5, 0.6) is 0 Å². The Morgan fingerprint density at radius 3 is 2.94 bits per heavy atom. The molecule has 2 rings (SSSR count). The number of H-pyrrole nitrogens is 1. The quantitative estimate of drug-likeness (QED) is 0.717. The fourth-order valence-corrected chi connectivity index (χ4v) is 2.29.